The zero-order chi connectivity index (χ0) is 12.4. The number of hydrogen-bond donors (Lipinski definition) is 2. The van der Waals surface area contributed by atoms with E-state index in [1.807, 2.05) is 31.2 Å². The number of hydrogen-bond acceptors (Lipinski definition) is 3. The summed E-state index contributed by atoms with van der Waals surface area (Å²) < 4.78 is 0. The molecular weight excluding hydrogens is 236 g/mol. The first-order chi connectivity index (χ1) is 8.09. The first-order valence-electron chi connectivity index (χ1n) is 5.15. The number of carboxylic acid groups (broad SMARTS) is 1. The minimum atomic E-state index is -1.01. The number of carbonyl (C=O) groups is 1. The molecule has 0 fully saturated rings. The molecule has 0 saturated heterocycles. The summed E-state index contributed by atoms with van der Waals surface area (Å²) in [7, 11) is 0. The molecule has 2 aromatic rings. The Hall–Kier alpha value is -1.65. The Labute approximate surface area is 103 Å². The Bertz CT molecular complexity index is 528. The van der Waals surface area contributed by atoms with Crippen LogP contribution in [0.3, 0.4) is 0 Å². The van der Waals surface area contributed by atoms with Crippen LogP contribution in [0.25, 0.3) is 0 Å². The highest BCUT2D eigenvalue weighted by molar-refractivity contribution is 7.10. The van der Waals surface area contributed by atoms with E-state index in [4.69, 9.17) is 5.11 Å². The monoisotopic (exact) mass is 248 g/mol. The molecule has 0 bridgehead atoms. The third-order valence-electron chi connectivity index (χ3n) is 2.57. The van der Waals surface area contributed by atoms with Crippen molar-refractivity contribution in [2.75, 3.05) is 0 Å². The Balaban J connectivity index is 2.36. The zero-order valence-electron chi connectivity index (χ0n) is 9.25. The van der Waals surface area contributed by atoms with Crippen molar-refractivity contribution in [3.05, 3.63) is 57.3 Å². The molecule has 1 heterocycles. The Morgan fingerprint density at radius 3 is 2.47 bits per heavy atom. The van der Waals surface area contributed by atoms with E-state index in [0.717, 1.165) is 5.56 Å². The molecule has 0 radical (unpaired) electrons. The fraction of sp³-hybridized carbons (Fsp3) is 0.154. The van der Waals surface area contributed by atoms with Crippen LogP contribution >= 0.6 is 11.3 Å². The van der Waals surface area contributed by atoms with E-state index in [2.05, 4.69) is 0 Å². The van der Waals surface area contributed by atoms with Crippen LogP contribution in [-0.4, -0.2) is 16.2 Å². The quantitative estimate of drug-likeness (QED) is 0.878. The van der Waals surface area contributed by atoms with Crippen molar-refractivity contribution in [1.29, 1.82) is 0 Å². The number of thiophene rings is 1. The standard InChI is InChI=1S/C13H12O3S/c1-8-2-4-9(5-3-8)11(14)12-10(13(15)16)6-7-17-12/h2-7,11,14H,1H3,(H,15,16). The summed E-state index contributed by atoms with van der Waals surface area (Å²) in [5.74, 6) is -1.01. The summed E-state index contributed by atoms with van der Waals surface area (Å²) in [6, 6.07) is 8.93. The molecule has 0 amide bonds. The van der Waals surface area contributed by atoms with Gasteiger partial charge in [0.2, 0.25) is 0 Å². The molecule has 1 unspecified atom stereocenters. The molecule has 0 saturated carbocycles. The highest BCUT2D eigenvalue weighted by Crippen LogP contribution is 2.29. The van der Waals surface area contributed by atoms with Crippen LogP contribution < -0.4 is 0 Å². The topological polar surface area (TPSA) is 57.5 Å². The lowest BCUT2D eigenvalue weighted by atomic mass is 10.0. The van der Waals surface area contributed by atoms with E-state index in [1.54, 1.807) is 5.38 Å². The van der Waals surface area contributed by atoms with Gasteiger partial charge >= 0.3 is 5.97 Å². The Kier molecular flexibility index (Phi) is 3.26. The molecule has 1 aromatic heterocycles. The van der Waals surface area contributed by atoms with Gasteiger partial charge in [-0.3, -0.25) is 0 Å². The van der Waals surface area contributed by atoms with Gasteiger partial charge in [0.25, 0.3) is 0 Å². The normalized spacial score (nSPS) is 12.4. The van der Waals surface area contributed by atoms with E-state index in [-0.39, 0.29) is 5.56 Å². The third-order valence-corrected chi connectivity index (χ3v) is 3.54. The molecule has 1 aromatic carbocycles. The van der Waals surface area contributed by atoms with Gasteiger partial charge in [0.05, 0.1) is 10.4 Å². The van der Waals surface area contributed by atoms with Crippen LogP contribution in [0, 0.1) is 6.92 Å². The summed E-state index contributed by atoms with van der Waals surface area (Å²) in [5.41, 5.74) is 1.98. The first kappa shape index (κ1) is 11.8. The van der Waals surface area contributed by atoms with Gasteiger partial charge in [-0.2, -0.15) is 0 Å². The van der Waals surface area contributed by atoms with Crippen molar-refractivity contribution >= 4 is 17.3 Å². The molecule has 2 N–H and O–H groups in total. The summed E-state index contributed by atoms with van der Waals surface area (Å²) >= 11 is 1.25. The van der Waals surface area contributed by atoms with Crippen molar-refractivity contribution in [3.8, 4) is 0 Å². The maximum absolute atomic E-state index is 11.0. The van der Waals surface area contributed by atoms with E-state index in [9.17, 15) is 9.90 Å². The molecule has 3 nitrogen and oxygen atoms in total. The van der Waals surface area contributed by atoms with Crippen LogP contribution in [0.5, 0.6) is 0 Å². The van der Waals surface area contributed by atoms with Gasteiger partial charge in [-0.25, -0.2) is 4.79 Å². The summed E-state index contributed by atoms with van der Waals surface area (Å²) in [6.07, 6.45) is -0.873. The zero-order valence-corrected chi connectivity index (χ0v) is 10.1. The molecule has 4 heteroatoms. The average Bonchev–Trinajstić information content (AvgIpc) is 2.78. The van der Waals surface area contributed by atoms with Crippen LogP contribution in [-0.2, 0) is 0 Å². The maximum Gasteiger partial charge on any atom is 0.336 e. The molecule has 88 valence electrons. The molecule has 17 heavy (non-hydrogen) atoms. The molecular formula is C13H12O3S. The predicted molar refractivity (Wildman–Crippen MR) is 66.5 cm³/mol. The van der Waals surface area contributed by atoms with Crippen LogP contribution in [0.15, 0.2) is 35.7 Å². The number of rotatable bonds is 3. The second-order valence-corrected chi connectivity index (χ2v) is 4.76. The second kappa shape index (κ2) is 4.69. The summed E-state index contributed by atoms with van der Waals surface area (Å²) in [6.45, 7) is 1.96. The van der Waals surface area contributed by atoms with Crippen LogP contribution in [0.2, 0.25) is 0 Å². The smallest absolute Gasteiger partial charge is 0.336 e. The highest BCUT2D eigenvalue weighted by atomic mass is 32.1. The number of aliphatic hydroxyl groups excluding tert-OH is 1. The fourth-order valence-electron chi connectivity index (χ4n) is 1.61. The number of benzene rings is 1. The summed E-state index contributed by atoms with van der Waals surface area (Å²) in [4.78, 5) is 11.4. The molecule has 0 aliphatic rings. The van der Waals surface area contributed by atoms with Gasteiger partial charge < -0.3 is 10.2 Å². The van der Waals surface area contributed by atoms with Crippen LogP contribution in [0.4, 0.5) is 0 Å². The molecule has 0 spiro atoms. The number of aromatic carboxylic acids is 1. The lowest BCUT2D eigenvalue weighted by Gasteiger charge is -2.10. The third kappa shape index (κ3) is 2.38. The SMILES string of the molecule is Cc1ccc(C(O)c2sccc2C(=O)O)cc1. The Morgan fingerprint density at radius 1 is 1.24 bits per heavy atom. The van der Waals surface area contributed by atoms with Gasteiger partial charge in [-0.05, 0) is 23.9 Å². The van der Waals surface area contributed by atoms with Gasteiger partial charge in [0.1, 0.15) is 6.10 Å². The molecule has 2 rings (SSSR count). The van der Waals surface area contributed by atoms with E-state index in [0.29, 0.717) is 10.4 Å². The number of aliphatic hydroxyl groups is 1. The van der Waals surface area contributed by atoms with E-state index < -0.39 is 12.1 Å². The summed E-state index contributed by atoms with van der Waals surface area (Å²) in [5, 5.41) is 20.8. The predicted octanol–water partition coefficient (Wildman–Crippen LogP) is 2.84. The largest absolute Gasteiger partial charge is 0.478 e. The molecule has 0 aliphatic heterocycles. The highest BCUT2D eigenvalue weighted by Gasteiger charge is 2.19. The van der Waals surface area contributed by atoms with Crippen molar-refractivity contribution < 1.29 is 15.0 Å². The van der Waals surface area contributed by atoms with Gasteiger partial charge in [0, 0.05) is 0 Å². The molecule has 1 atom stereocenters. The van der Waals surface area contributed by atoms with Gasteiger partial charge in [-0.1, -0.05) is 29.8 Å². The van der Waals surface area contributed by atoms with Crippen molar-refractivity contribution in [2.45, 2.75) is 13.0 Å². The fourth-order valence-corrected chi connectivity index (χ4v) is 2.51. The minimum absolute atomic E-state index is 0.170. The van der Waals surface area contributed by atoms with E-state index >= 15 is 0 Å². The lowest BCUT2D eigenvalue weighted by molar-refractivity contribution is 0.0692. The van der Waals surface area contributed by atoms with Crippen molar-refractivity contribution in [1.82, 2.24) is 0 Å². The van der Waals surface area contributed by atoms with Gasteiger partial charge in [0.15, 0.2) is 0 Å². The van der Waals surface area contributed by atoms with Crippen LogP contribution in [0.1, 0.15) is 32.5 Å². The second-order valence-electron chi connectivity index (χ2n) is 3.82. The molecule has 0 aliphatic carbocycles. The maximum atomic E-state index is 11.0. The Morgan fingerprint density at radius 2 is 1.88 bits per heavy atom. The minimum Gasteiger partial charge on any atom is -0.478 e. The number of aryl methyl sites for hydroxylation is 1. The van der Waals surface area contributed by atoms with Gasteiger partial charge in [-0.15, -0.1) is 11.3 Å². The average molecular weight is 248 g/mol. The lowest BCUT2D eigenvalue weighted by Crippen LogP contribution is -2.04. The van der Waals surface area contributed by atoms with Crippen molar-refractivity contribution in [3.63, 3.8) is 0 Å². The number of carboxylic acids is 1. The van der Waals surface area contributed by atoms with E-state index in [1.165, 1.54) is 17.4 Å². The first-order valence-corrected chi connectivity index (χ1v) is 6.03. The van der Waals surface area contributed by atoms with Crippen molar-refractivity contribution in [2.24, 2.45) is 0 Å².